The summed E-state index contributed by atoms with van der Waals surface area (Å²) in [6, 6.07) is 0.492. The molecule has 0 aliphatic carbocycles. The molecule has 0 aromatic carbocycles. The molecule has 2 fully saturated rings. The molecule has 5 nitrogen and oxygen atoms in total. The van der Waals surface area contributed by atoms with Crippen molar-refractivity contribution in [3.63, 3.8) is 0 Å². The molecular weight excluding hydrogens is 250 g/mol. The number of likely N-dealkylation sites (N-methyl/N-ethyl adjacent to an activating group) is 1. The summed E-state index contributed by atoms with van der Waals surface area (Å²) in [6.07, 6.45) is 2.48. The number of nitrogens with two attached hydrogens (primary N) is 1. The van der Waals surface area contributed by atoms with Crippen molar-refractivity contribution in [2.45, 2.75) is 32.7 Å². The highest BCUT2D eigenvalue weighted by Gasteiger charge is 2.20. The number of hydrogen-bond donors (Lipinski definition) is 1. The molecule has 0 radical (unpaired) electrons. The largest absolute Gasteiger partial charge is 0.370 e. The second-order valence-electron chi connectivity index (χ2n) is 6.56. The van der Waals surface area contributed by atoms with Gasteiger partial charge in [-0.15, -0.1) is 0 Å². The summed E-state index contributed by atoms with van der Waals surface area (Å²) in [5, 5.41) is 0. The summed E-state index contributed by atoms with van der Waals surface area (Å²) in [4.78, 5) is 11.8. The van der Waals surface area contributed by atoms with E-state index in [2.05, 4.69) is 40.6 Å². The Morgan fingerprint density at radius 1 is 1.15 bits per heavy atom. The molecule has 0 saturated carbocycles. The molecule has 2 aliphatic rings. The number of hydrogen-bond acceptors (Lipinski definition) is 3. The Labute approximate surface area is 123 Å². The second kappa shape index (κ2) is 7.27. The lowest BCUT2D eigenvalue weighted by Gasteiger charge is -2.36. The minimum absolute atomic E-state index is 0.492. The van der Waals surface area contributed by atoms with E-state index in [0.717, 1.165) is 57.7 Å². The van der Waals surface area contributed by atoms with Crippen LogP contribution in [0.25, 0.3) is 0 Å². The predicted molar refractivity (Wildman–Crippen MR) is 85.0 cm³/mol. The molecular formula is C15H31N5. The minimum Gasteiger partial charge on any atom is -0.370 e. The highest BCUT2D eigenvalue weighted by Crippen LogP contribution is 2.15. The van der Waals surface area contributed by atoms with Gasteiger partial charge in [-0.1, -0.05) is 6.92 Å². The molecule has 5 heteroatoms. The molecule has 0 aromatic rings. The summed E-state index contributed by atoms with van der Waals surface area (Å²) in [5.74, 6) is 1.58. The van der Waals surface area contributed by atoms with Crippen LogP contribution >= 0.6 is 0 Å². The molecule has 0 aromatic heterocycles. The molecule has 2 saturated heterocycles. The number of rotatable bonds is 3. The van der Waals surface area contributed by atoms with Gasteiger partial charge in [-0.2, -0.15) is 0 Å². The van der Waals surface area contributed by atoms with E-state index in [-0.39, 0.29) is 0 Å². The first-order valence-corrected chi connectivity index (χ1v) is 8.03. The van der Waals surface area contributed by atoms with Gasteiger partial charge in [0, 0.05) is 45.3 Å². The zero-order valence-electron chi connectivity index (χ0n) is 13.4. The average Bonchev–Trinajstić information content (AvgIpc) is 2.46. The Balaban J connectivity index is 1.76. The SMILES string of the molecule is CC1CCN(C(N)=NCC(C)N2CCN(C)CC2)CC1. The Bertz CT molecular complexity index is 314. The van der Waals surface area contributed by atoms with E-state index in [9.17, 15) is 0 Å². The summed E-state index contributed by atoms with van der Waals surface area (Å²) >= 11 is 0. The molecule has 2 rings (SSSR count). The lowest BCUT2D eigenvalue weighted by molar-refractivity contribution is 0.122. The van der Waals surface area contributed by atoms with E-state index in [1.165, 1.54) is 12.8 Å². The summed E-state index contributed by atoms with van der Waals surface area (Å²) < 4.78 is 0. The van der Waals surface area contributed by atoms with Crippen molar-refractivity contribution >= 4 is 5.96 Å². The Hall–Kier alpha value is -0.810. The van der Waals surface area contributed by atoms with E-state index < -0.39 is 0 Å². The maximum Gasteiger partial charge on any atom is 0.191 e. The smallest absolute Gasteiger partial charge is 0.191 e. The molecule has 1 unspecified atom stereocenters. The van der Waals surface area contributed by atoms with Gasteiger partial charge in [-0.3, -0.25) is 9.89 Å². The number of guanidine groups is 1. The molecule has 0 amide bonds. The second-order valence-corrected chi connectivity index (χ2v) is 6.56. The summed E-state index contributed by atoms with van der Waals surface area (Å²) in [6.45, 7) is 12.2. The van der Waals surface area contributed by atoms with Crippen LogP contribution in [0, 0.1) is 5.92 Å². The van der Waals surface area contributed by atoms with Crippen LogP contribution in [-0.2, 0) is 0 Å². The topological polar surface area (TPSA) is 48.1 Å². The molecule has 1 atom stereocenters. The maximum atomic E-state index is 6.14. The molecule has 0 bridgehead atoms. The van der Waals surface area contributed by atoms with E-state index in [1.807, 2.05) is 0 Å². The van der Waals surface area contributed by atoms with Crippen LogP contribution < -0.4 is 5.73 Å². The molecule has 0 spiro atoms. The van der Waals surface area contributed by atoms with Crippen molar-refractivity contribution in [3.05, 3.63) is 0 Å². The molecule has 2 aliphatic heterocycles. The van der Waals surface area contributed by atoms with Crippen molar-refractivity contribution in [2.75, 3.05) is 52.9 Å². The molecule has 2 N–H and O–H groups in total. The Kier molecular flexibility index (Phi) is 5.66. The number of aliphatic imine (C=N–C) groups is 1. The zero-order chi connectivity index (χ0) is 14.5. The van der Waals surface area contributed by atoms with Crippen LogP contribution in [0.2, 0.25) is 0 Å². The van der Waals surface area contributed by atoms with E-state index in [0.29, 0.717) is 6.04 Å². The van der Waals surface area contributed by atoms with E-state index in [4.69, 9.17) is 5.73 Å². The van der Waals surface area contributed by atoms with Crippen molar-refractivity contribution < 1.29 is 0 Å². The van der Waals surface area contributed by atoms with Gasteiger partial charge in [-0.25, -0.2) is 0 Å². The Morgan fingerprint density at radius 2 is 1.75 bits per heavy atom. The molecule has 20 heavy (non-hydrogen) atoms. The van der Waals surface area contributed by atoms with Gasteiger partial charge >= 0.3 is 0 Å². The van der Waals surface area contributed by atoms with Gasteiger partial charge in [0.25, 0.3) is 0 Å². The van der Waals surface area contributed by atoms with Crippen LogP contribution in [0.4, 0.5) is 0 Å². The fourth-order valence-corrected chi connectivity index (χ4v) is 2.94. The normalized spacial score (nSPS) is 25.9. The first kappa shape index (κ1) is 15.6. The third-order valence-electron chi connectivity index (χ3n) is 4.79. The van der Waals surface area contributed by atoms with Gasteiger partial charge in [-0.05, 0) is 32.7 Å². The third kappa shape index (κ3) is 4.35. The van der Waals surface area contributed by atoms with Crippen molar-refractivity contribution in [2.24, 2.45) is 16.6 Å². The fraction of sp³-hybridized carbons (Fsp3) is 0.933. The lowest BCUT2D eigenvalue weighted by Crippen LogP contribution is -2.49. The van der Waals surface area contributed by atoms with Crippen LogP contribution in [-0.4, -0.2) is 79.6 Å². The van der Waals surface area contributed by atoms with Gasteiger partial charge in [0.2, 0.25) is 0 Å². The van der Waals surface area contributed by atoms with Crippen LogP contribution in [0.5, 0.6) is 0 Å². The van der Waals surface area contributed by atoms with Crippen molar-refractivity contribution in [1.29, 1.82) is 0 Å². The van der Waals surface area contributed by atoms with Crippen molar-refractivity contribution in [3.8, 4) is 0 Å². The monoisotopic (exact) mass is 281 g/mol. The number of piperidine rings is 1. The van der Waals surface area contributed by atoms with E-state index in [1.54, 1.807) is 0 Å². The lowest BCUT2D eigenvalue weighted by atomic mass is 10.00. The molecule has 116 valence electrons. The van der Waals surface area contributed by atoms with Gasteiger partial charge in [0.05, 0.1) is 6.54 Å². The predicted octanol–water partition coefficient (Wildman–Crippen LogP) is 0.669. The summed E-state index contributed by atoms with van der Waals surface area (Å²) in [5.41, 5.74) is 6.14. The quantitative estimate of drug-likeness (QED) is 0.610. The summed E-state index contributed by atoms with van der Waals surface area (Å²) in [7, 11) is 2.19. The maximum absolute atomic E-state index is 6.14. The fourth-order valence-electron chi connectivity index (χ4n) is 2.94. The minimum atomic E-state index is 0.492. The number of nitrogens with zero attached hydrogens (tertiary/aromatic N) is 4. The van der Waals surface area contributed by atoms with E-state index >= 15 is 0 Å². The number of likely N-dealkylation sites (tertiary alicyclic amines) is 1. The van der Waals surface area contributed by atoms with Crippen LogP contribution in [0.15, 0.2) is 4.99 Å². The highest BCUT2D eigenvalue weighted by atomic mass is 15.3. The van der Waals surface area contributed by atoms with Gasteiger partial charge < -0.3 is 15.5 Å². The van der Waals surface area contributed by atoms with Gasteiger partial charge in [0.1, 0.15) is 0 Å². The van der Waals surface area contributed by atoms with Crippen molar-refractivity contribution in [1.82, 2.24) is 14.7 Å². The zero-order valence-corrected chi connectivity index (χ0v) is 13.4. The number of piperazine rings is 1. The highest BCUT2D eigenvalue weighted by molar-refractivity contribution is 5.78. The standard InChI is InChI=1S/C15H31N5/c1-13-4-6-20(7-5-13)15(16)17-12-14(2)19-10-8-18(3)9-11-19/h13-14H,4-12H2,1-3H3,(H2,16,17). The van der Waals surface area contributed by atoms with Gasteiger partial charge in [0.15, 0.2) is 5.96 Å². The van der Waals surface area contributed by atoms with Crippen LogP contribution in [0.3, 0.4) is 0 Å². The Morgan fingerprint density at radius 3 is 2.35 bits per heavy atom. The van der Waals surface area contributed by atoms with Crippen LogP contribution in [0.1, 0.15) is 26.7 Å². The first-order valence-electron chi connectivity index (χ1n) is 8.03. The molecule has 2 heterocycles. The average molecular weight is 281 g/mol. The first-order chi connectivity index (χ1) is 9.56. The third-order valence-corrected chi connectivity index (χ3v) is 4.79.